The number of carbonyl (C=O) groups excluding carboxylic acids is 2. The monoisotopic (exact) mass is 1080 g/mol. The van der Waals surface area contributed by atoms with Gasteiger partial charge in [0.25, 0.3) is 11.8 Å². The third-order valence-electron chi connectivity index (χ3n) is 11.9. The van der Waals surface area contributed by atoms with E-state index in [9.17, 15) is 41.8 Å². The number of pyridine rings is 2. The molecular formula is C54H49F5N14O6. The molecule has 79 heavy (non-hydrogen) atoms. The van der Waals surface area contributed by atoms with Gasteiger partial charge in [0.05, 0.1) is 68.2 Å². The predicted molar refractivity (Wildman–Crippen MR) is 284 cm³/mol. The number of alkyl halides is 3. The van der Waals surface area contributed by atoms with Crippen LogP contribution in [0.5, 0.6) is 11.5 Å². The number of carbonyl (C=O) groups is 2. The molecule has 4 aromatic carbocycles. The average Bonchev–Trinajstić information content (AvgIpc) is 3.48. The maximum absolute atomic E-state index is 14.2. The number of aryl methyl sites for hydroxylation is 1. The van der Waals surface area contributed by atoms with E-state index in [0.29, 0.717) is 69.5 Å². The Morgan fingerprint density at radius 1 is 0.532 bits per heavy atom. The van der Waals surface area contributed by atoms with E-state index in [1.54, 1.807) is 52.4 Å². The molecule has 25 heteroatoms. The van der Waals surface area contributed by atoms with Crippen molar-refractivity contribution in [3.63, 3.8) is 0 Å². The number of aromatic hydroxyl groups is 2. The number of morpholine rings is 2. The largest absolute Gasteiger partial charge is 0.508 e. The molecule has 20 nitrogen and oxygen atoms in total. The van der Waals surface area contributed by atoms with Gasteiger partial charge in [-0.25, -0.2) is 28.7 Å². The van der Waals surface area contributed by atoms with Crippen molar-refractivity contribution >= 4 is 58.1 Å². The fourth-order valence-electron chi connectivity index (χ4n) is 8.14. The molecule has 2 aliphatic rings. The fraction of sp³-hybridized carbons (Fsp3) is 0.185. The number of hydrazine groups is 2. The molecule has 406 valence electrons. The lowest BCUT2D eigenvalue weighted by molar-refractivity contribution is -0.137. The number of benzene rings is 4. The summed E-state index contributed by atoms with van der Waals surface area (Å²) >= 11 is 0. The third-order valence-corrected chi connectivity index (χ3v) is 11.9. The minimum absolute atomic E-state index is 0.0111. The van der Waals surface area contributed by atoms with Gasteiger partial charge in [-0.1, -0.05) is 30.3 Å². The van der Waals surface area contributed by atoms with Crippen LogP contribution in [0.4, 0.5) is 68.2 Å². The molecule has 0 saturated carbocycles. The van der Waals surface area contributed by atoms with Crippen LogP contribution in [0.3, 0.4) is 0 Å². The van der Waals surface area contributed by atoms with Gasteiger partial charge in [0.2, 0.25) is 11.9 Å². The minimum atomic E-state index is -4.60. The van der Waals surface area contributed by atoms with E-state index in [1.165, 1.54) is 42.6 Å². The molecule has 8 N–H and O–H groups in total. The lowest BCUT2D eigenvalue weighted by Gasteiger charge is -2.28. The average molecular weight is 1090 g/mol. The Hall–Kier alpha value is -9.75. The van der Waals surface area contributed by atoms with Crippen LogP contribution in [0.15, 0.2) is 134 Å². The number of hydrogen-bond donors (Lipinski definition) is 8. The summed E-state index contributed by atoms with van der Waals surface area (Å²) in [5.74, 6) is -1.93. The number of nitrogens with zero attached hydrogens (tertiary/aromatic N) is 8. The van der Waals surface area contributed by atoms with Gasteiger partial charge in [-0.05, 0) is 114 Å². The highest BCUT2D eigenvalue weighted by Gasteiger charge is 2.31. The molecule has 6 heterocycles. The van der Waals surface area contributed by atoms with Gasteiger partial charge in [-0.3, -0.25) is 31.3 Å². The highest BCUT2D eigenvalue weighted by molar-refractivity contribution is 5.94. The van der Waals surface area contributed by atoms with Crippen LogP contribution in [0.1, 0.15) is 32.1 Å². The first-order chi connectivity index (χ1) is 38.1. The number of phenolic OH excluding ortho intramolecular Hbond substituents is 2. The van der Waals surface area contributed by atoms with Crippen LogP contribution in [-0.2, 0) is 15.7 Å². The number of rotatable bonds is 14. The minimum Gasteiger partial charge on any atom is -0.508 e. The number of nitrogens with one attached hydrogen (secondary N) is 6. The molecule has 2 saturated heterocycles. The fourth-order valence-corrected chi connectivity index (χ4v) is 8.14. The van der Waals surface area contributed by atoms with Crippen LogP contribution in [0.2, 0.25) is 0 Å². The molecule has 0 atom stereocenters. The first-order valence-electron chi connectivity index (χ1n) is 24.3. The molecule has 0 aliphatic carbocycles. The van der Waals surface area contributed by atoms with Crippen molar-refractivity contribution in [3.05, 3.63) is 168 Å². The molecule has 2 aliphatic heterocycles. The summed E-state index contributed by atoms with van der Waals surface area (Å²) < 4.78 is 79.7. The number of hydrogen-bond acceptors (Lipinski definition) is 18. The zero-order valence-electron chi connectivity index (χ0n) is 41.9. The number of phenols is 2. The molecule has 0 radical (unpaired) electrons. The van der Waals surface area contributed by atoms with Crippen LogP contribution in [0.25, 0.3) is 22.3 Å². The summed E-state index contributed by atoms with van der Waals surface area (Å²) in [7, 11) is 0. The summed E-state index contributed by atoms with van der Waals surface area (Å²) in [5, 5.41) is 25.7. The van der Waals surface area contributed by atoms with Gasteiger partial charge >= 0.3 is 6.18 Å². The van der Waals surface area contributed by atoms with E-state index in [4.69, 9.17) is 9.47 Å². The topological polar surface area (TPSA) is 249 Å². The smallest absolute Gasteiger partial charge is 0.416 e. The van der Waals surface area contributed by atoms with Crippen molar-refractivity contribution in [1.82, 2.24) is 40.8 Å². The van der Waals surface area contributed by atoms with E-state index in [0.717, 1.165) is 46.9 Å². The number of aromatic nitrogens is 6. The zero-order valence-corrected chi connectivity index (χ0v) is 41.9. The lowest BCUT2D eigenvalue weighted by atomic mass is 10.0. The Labute approximate surface area is 447 Å². The molecule has 4 aromatic heterocycles. The number of halogens is 5. The molecule has 2 fully saturated rings. The second-order valence-electron chi connectivity index (χ2n) is 17.7. The highest BCUT2D eigenvalue weighted by atomic mass is 19.4. The second kappa shape index (κ2) is 24.5. The van der Waals surface area contributed by atoms with Crippen molar-refractivity contribution in [1.29, 1.82) is 0 Å². The first-order valence-corrected chi connectivity index (χ1v) is 24.3. The molecule has 0 spiro atoms. The summed E-state index contributed by atoms with van der Waals surface area (Å²) in [6.07, 6.45) is 0.283. The van der Waals surface area contributed by atoms with E-state index in [1.807, 2.05) is 31.2 Å². The summed E-state index contributed by atoms with van der Waals surface area (Å²) in [5.41, 5.74) is 14.8. The molecule has 2 amide bonds. The van der Waals surface area contributed by atoms with Crippen molar-refractivity contribution < 1.29 is 51.2 Å². The van der Waals surface area contributed by atoms with Gasteiger partial charge in [0, 0.05) is 37.6 Å². The standard InChI is InChI=1S/C27H23F4N7O3.C27H26FN7O3/c28-22-15-33-26(35-24(22)38-6-8-41-9-7-38)37-36-25(40)23-5-4-19(14-32-23)34-20-11-17(10-18(13-20)27(29,30)31)16-2-1-3-21(39)12-16;1-17-11-19(18-3-2-4-22(36)14-18)13-21(12-17)31-20-5-6-24(29-15-20)26(37)33-34-27-30-16-23(28)25(32-27)35-7-9-38-10-8-35/h1-5,10-15,34,39H,6-9H2,(H,36,40)(H,33,35,37);2-6,11-16,31,36H,7-10H2,1H3,(H,33,37)(H,30,32,34). The van der Waals surface area contributed by atoms with Gasteiger partial charge in [-0.2, -0.15) is 23.1 Å². The number of anilines is 8. The Balaban J connectivity index is 0.000000192. The second-order valence-corrected chi connectivity index (χ2v) is 17.7. The maximum atomic E-state index is 14.2. The third kappa shape index (κ3) is 14.4. The lowest BCUT2D eigenvalue weighted by Crippen LogP contribution is -2.38. The normalized spacial score (nSPS) is 13.3. The van der Waals surface area contributed by atoms with Gasteiger partial charge < -0.3 is 40.1 Å². The van der Waals surface area contributed by atoms with E-state index >= 15 is 0 Å². The first kappa shape index (κ1) is 54.1. The Kier molecular flexibility index (Phi) is 16.8. The summed E-state index contributed by atoms with van der Waals surface area (Å²) in [6.45, 7) is 5.80. The summed E-state index contributed by atoms with van der Waals surface area (Å²) in [4.78, 5) is 52.9. The zero-order chi connectivity index (χ0) is 55.5. The number of amides is 2. The highest BCUT2D eigenvalue weighted by Crippen LogP contribution is 2.37. The Morgan fingerprint density at radius 2 is 0.987 bits per heavy atom. The van der Waals surface area contributed by atoms with Gasteiger partial charge in [-0.15, -0.1) is 0 Å². The van der Waals surface area contributed by atoms with Crippen LogP contribution in [-0.4, -0.2) is 105 Å². The predicted octanol–water partition coefficient (Wildman–Crippen LogP) is 8.77. The van der Waals surface area contributed by atoms with E-state index in [2.05, 4.69) is 62.2 Å². The molecule has 10 rings (SSSR count). The molecule has 0 unspecified atom stereocenters. The quantitative estimate of drug-likeness (QED) is 0.0374. The van der Waals surface area contributed by atoms with Crippen LogP contribution < -0.4 is 42.1 Å². The Bertz CT molecular complexity index is 3440. The SMILES string of the molecule is Cc1cc(Nc2ccc(C(=O)NNc3ncc(F)c(N4CCOCC4)n3)nc2)cc(-c2cccc(O)c2)c1.O=C(NNc1ncc(F)c(N2CCOCC2)n1)c1ccc(Nc2cc(-c3cccc(O)c3)cc(C(F)(F)F)c2)cn1. The van der Waals surface area contributed by atoms with Gasteiger partial charge in [0.1, 0.15) is 22.9 Å². The molecule has 0 bridgehead atoms. The van der Waals surface area contributed by atoms with E-state index in [-0.39, 0.29) is 57.7 Å². The van der Waals surface area contributed by atoms with Crippen molar-refractivity contribution in [3.8, 4) is 33.8 Å². The van der Waals surface area contributed by atoms with Crippen molar-refractivity contribution in [2.75, 3.05) is 83.9 Å². The van der Waals surface area contributed by atoms with Gasteiger partial charge in [0.15, 0.2) is 23.3 Å². The molecular weight excluding hydrogens is 1040 g/mol. The maximum Gasteiger partial charge on any atom is 0.416 e. The molecule has 8 aromatic rings. The summed E-state index contributed by atoms with van der Waals surface area (Å²) in [6, 6.07) is 28.6. The van der Waals surface area contributed by atoms with Crippen LogP contribution >= 0.6 is 0 Å². The van der Waals surface area contributed by atoms with Crippen molar-refractivity contribution in [2.24, 2.45) is 0 Å². The Morgan fingerprint density at radius 3 is 1.42 bits per heavy atom. The number of ether oxygens (including phenoxy) is 2. The van der Waals surface area contributed by atoms with E-state index < -0.39 is 35.2 Å². The van der Waals surface area contributed by atoms with Crippen molar-refractivity contribution in [2.45, 2.75) is 13.1 Å². The van der Waals surface area contributed by atoms with Crippen LogP contribution in [0, 0.1) is 18.6 Å².